The van der Waals surface area contributed by atoms with Gasteiger partial charge in [-0.1, -0.05) is 37.3 Å². The monoisotopic (exact) mass is 172 g/mol. The van der Waals surface area contributed by atoms with Crippen LogP contribution in [0.2, 0.25) is 0 Å². The first-order valence-corrected chi connectivity index (χ1v) is 4.63. The van der Waals surface area contributed by atoms with Gasteiger partial charge in [0.1, 0.15) is 0 Å². The molecule has 13 heavy (non-hydrogen) atoms. The average Bonchev–Trinajstić information content (AvgIpc) is 2.18. The van der Waals surface area contributed by atoms with E-state index in [2.05, 4.69) is 13.0 Å². The average molecular weight is 172 g/mol. The first kappa shape index (κ1) is 8.24. The number of rotatable bonds is 1. The molecule has 1 unspecified atom stereocenters. The molecule has 1 nitrogen and oxygen atoms in total. The Hall–Kier alpha value is -1.37. The van der Waals surface area contributed by atoms with Gasteiger partial charge in [0.25, 0.3) is 0 Å². The minimum Gasteiger partial charge on any atom is -0.294 e. The van der Waals surface area contributed by atoms with Crippen molar-refractivity contribution in [3.05, 3.63) is 41.5 Å². The first-order valence-electron chi connectivity index (χ1n) is 4.63. The molecular formula is C12H12O. The van der Waals surface area contributed by atoms with Crippen LogP contribution in [0.5, 0.6) is 0 Å². The number of carbonyl (C=O) groups excluding carboxylic acids is 1. The fourth-order valence-electron chi connectivity index (χ4n) is 1.84. The Balaban J connectivity index is 2.53. The molecule has 0 radical (unpaired) electrons. The van der Waals surface area contributed by atoms with E-state index in [4.69, 9.17) is 0 Å². The lowest BCUT2D eigenvalue weighted by Gasteiger charge is -2.18. The highest BCUT2D eigenvalue weighted by Crippen LogP contribution is 2.29. The number of carbonyl (C=O) groups is 1. The molecule has 1 aromatic rings. The first-order chi connectivity index (χ1) is 6.33. The maximum Gasteiger partial charge on any atom is 0.163 e. The van der Waals surface area contributed by atoms with Gasteiger partial charge < -0.3 is 0 Å². The summed E-state index contributed by atoms with van der Waals surface area (Å²) in [5.41, 5.74) is 2.37. The maximum atomic E-state index is 11.5. The van der Waals surface area contributed by atoms with E-state index >= 15 is 0 Å². The smallest absolute Gasteiger partial charge is 0.163 e. The number of hydrogen-bond acceptors (Lipinski definition) is 1. The normalized spacial score (nSPS) is 20.1. The van der Waals surface area contributed by atoms with Gasteiger partial charge in [-0.25, -0.2) is 0 Å². The van der Waals surface area contributed by atoms with Crippen LogP contribution in [0.25, 0.3) is 6.08 Å². The lowest BCUT2D eigenvalue weighted by atomic mass is 9.85. The summed E-state index contributed by atoms with van der Waals surface area (Å²) in [4.78, 5) is 11.5. The van der Waals surface area contributed by atoms with Crippen molar-refractivity contribution in [2.24, 2.45) is 0 Å². The molecule has 1 atom stereocenters. The highest BCUT2D eigenvalue weighted by atomic mass is 16.1. The van der Waals surface area contributed by atoms with E-state index in [1.54, 1.807) is 6.08 Å². The number of benzene rings is 1. The molecule has 0 bridgehead atoms. The molecule has 0 aliphatic heterocycles. The second kappa shape index (κ2) is 3.17. The van der Waals surface area contributed by atoms with Crippen molar-refractivity contribution in [3.8, 4) is 0 Å². The van der Waals surface area contributed by atoms with Crippen LogP contribution < -0.4 is 0 Å². The van der Waals surface area contributed by atoms with Crippen LogP contribution in [-0.4, -0.2) is 5.78 Å². The Bertz CT molecular complexity index is 363. The molecule has 0 aromatic heterocycles. The largest absolute Gasteiger partial charge is 0.294 e. The molecule has 0 saturated carbocycles. The van der Waals surface area contributed by atoms with Crippen molar-refractivity contribution < 1.29 is 4.79 Å². The molecule has 1 aliphatic carbocycles. The number of ketones is 1. The van der Waals surface area contributed by atoms with Crippen molar-refractivity contribution >= 4 is 11.9 Å². The van der Waals surface area contributed by atoms with E-state index in [9.17, 15) is 4.79 Å². The lowest BCUT2D eigenvalue weighted by Crippen LogP contribution is -2.13. The molecule has 0 spiro atoms. The summed E-state index contributed by atoms with van der Waals surface area (Å²) in [5.74, 6) is 0.322. The zero-order chi connectivity index (χ0) is 9.26. The van der Waals surface area contributed by atoms with E-state index in [0.29, 0.717) is 0 Å². The summed E-state index contributed by atoms with van der Waals surface area (Å²) in [7, 11) is 0. The van der Waals surface area contributed by atoms with Crippen molar-refractivity contribution in [2.75, 3.05) is 0 Å². The zero-order valence-electron chi connectivity index (χ0n) is 7.66. The van der Waals surface area contributed by atoms with Crippen LogP contribution in [0, 0.1) is 0 Å². The predicted octanol–water partition coefficient (Wildman–Crippen LogP) is 2.78. The minimum absolute atomic E-state index is 0.0844. The van der Waals surface area contributed by atoms with Gasteiger partial charge in [-0.05, 0) is 23.6 Å². The Morgan fingerprint density at radius 2 is 2.00 bits per heavy atom. The highest BCUT2D eigenvalue weighted by molar-refractivity contribution is 6.01. The number of fused-ring (bicyclic) bond motifs is 1. The Labute approximate surface area is 78.1 Å². The molecule has 0 heterocycles. The Morgan fingerprint density at radius 1 is 1.23 bits per heavy atom. The zero-order valence-corrected chi connectivity index (χ0v) is 7.66. The van der Waals surface area contributed by atoms with Crippen LogP contribution >= 0.6 is 0 Å². The lowest BCUT2D eigenvalue weighted by molar-refractivity contribution is -0.116. The molecule has 0 N–H and O–H groups in total. The molecule has 1 aliphatic rings. The quantitative estimate of drug-likeness (QED) is 0.636. The highest BCUT2D eigenvalue weighted by Gasteiger charge is 2.21. The third-order valence-corrected chi connectivity index (χ3v) is 2.55. The molecule has 1 aromatic carbocycles. The summed E-state index contributed by atoms with van der Waals surface area (Å²) in [6, 6.07) is 8.10. The van der Waals surface area contributed by atoms with Crippen molar-refractivity contribution in [3.63, 3.8) is 0 Å². The summed E-state index contributed by atoms with van der Waals surface area (Å²) >= 11 is 0. The van der Waals surface area contributed by atoms with Gasteiger partial charge in [-0.3, -0.25) is 4.79 Å². The van der Waals surface area contributed by atoms with Gasteiger partial charge in [-0.2, -0.15) is 0 Å². The second-order valence-corrected chi connectivity index (χ2v) is 3.33. The van der Waals surface area contributed by atoms with Crippen molar-refractivity contribution in [1.82, 2.24) is 0 Å². The van der Waals surface area contributed by atoms with E-state index in [1.165, 1.54) is 11.1 Å². The minimum atomic E-state index is 0.0844. The van der Waals surface area contributed by atoms with Gasteiger partial charge >= 0.3 is 0 Å². The van der Waals surface area contributed by atoms with Crippen LogP contribution in [0.15, 0.2) is 30.3 Å². The van der Waals surface area contributed by atoms with Crippen molar-refractivity contribution in [2.45, 2.75) is 19.3 Å². The predicted molar refractivity (Wildman–Crippen MR) is 53.5 cm³/mol. The van der Waals surface area contributed by atoms with Gasteiger partial charge in [0, 0.05) is 5.92 Å². The molecule has 0 amide bonds. The van der Waals surface area contributed by atoms with Crippen molar-refractivity contribution in [1.29, 1.82) is 0 Å². The molecule has 1 heteroatoms. The van der Waals surface area contributed by atoms with Crippen LogP contribution in [0.3, 0.4) is 0 Å². The molecular weight excluding hydrogens is 160 g/mol. The Kier molecular flexibility index (Phi) is 2.01. The third kappa shape index (κ3) is 1.31. The van der Waals surface area contributed by atoms with E-state index < -0.39 is 0 Å². The topological polar surface area (TPSA) is 17.1 Å². The summed E-state index contributed by atoms with van der Waals surface area (Å²) in [5, 5.41) is 0. The van der Waals surface area contributed by atoms with E-state index in [-0.39, 0.29) is 11.7 Å². The Morgan fingerprint density at radius 3 is 2.77 bits per heavy atom. The van der Waals surface area contributed by atoms with Crippen LogP contribution in [-0.2, 0) is 4.79 Å². The third-order valence-electron chi connectivity index (χ3n) is 2.55. The SMILES string of the molecule is CCC1C(=O)C=Cc2ccccc21. The molecule has 2 rings (SSSR count). The van der Waals surface area contributed by atoms with Gasteiger partial charge in [0.05, 0.1) is 0 Å². The molecule has 0 saturated heterocycles. The standard InChI is InChI=1S/C12H12O/c1-2-10-11-6-4-3-5-9(11)7-8-12(10)13/h3-8,10H,2H2,1H3. The summed E-state index contributed by atoms with van der Waals surface area (Å²) in [6.07, 6.45) is 4.49. The maximum absolute atomic E-state index is 11.5. The van der Waals surface area contributed by atoms with Crippen LogP contribution in [0.4, 0.5) is 0 Å². The van der Waals surface area contributed by atoms with Gasteiger partial charge in [0.2, 0.25) is 0 Å². The van der Waals surface area contributed by atoms with E-state index in [1.807, 2.05) is 24.3 Å². The summed E-state index contributed by atoms with van der Waals surface area (Å²) < 4.78 is 0. The number of hydrogen-bond donors (Lipinski definition) is 0. The molecule has 0 fully saturated rings. The number of allylic oxidation sites excluding steroid dienone is 1. The van der Waals surface area contributed by atoms with Crippen LogP contribution in [0.1, 0.15) is 30.4 Å². The fraction of sp³-hybridized carbons (Fsp3) is 0.250. The second-order valence-electron chi connectivity index (χ2n) is 3.33. The van der Waals surface area contributed by atoms with Gasteiger partial charge in [-0.15, -0.1) is 0 Å². The van der Waals surface area contributed by atoms with E-state index in [0.717, 1.165) is 6.42 Å². The summed E-state index contributed by atoms with van der Waals surface area (Å²) in [6.45, 7) is 2.05. The fourth-order valence-corrected chi connectivity index (χ4v) is 1.84. The van der Waals surface area contributed by atoms with Gasteiger partial charge in [0.15, 0.2) is 5.78 Å². The molecule has 66 valence electrons.